The van der Waals surface area contributed by atoms with Gasteiger partial charge < -0.3 is 0 Å². The second-order valence-corrected chi connectivity index (χ2v) is 7.58. The fourth-order valence-corrected chi connectivity index (χ4v) is 4.66. The molecule has 3 unspecified atom stereocenters. The molecule has 3 atom stereocenters. The van der Waals surface area contributed by atoms with Crippen LogP contribution in [0, 0.1) is 29.6 Å². The molecule has 0 amide bonds. The predicted octanol–water partition coefficient (Wildman–Crippen LogP) is 5.72. The van der Waals surface area contributed by atoms with Crippen molar-refractivity contribution in [3.8, 4) is 0 Å². The Morgan fingerprint density at radius 1 is 0.882 bits per heavy atom. The molecule has 0 aromatic rings. The first kappa shape index (κ1) is 17.4. The minimum atomic E-state index is 0.790. The number of hydrogen-bond acceptors (Lipinski definition) is 1. The molecule has 104 valence electrons. The topological polar surface area (TPSA) is 0 Å². The van der Waals surface area contributed by atoms with E-state index in [1.54, 1.807) is 0 Å². The lowest BCUT2D eigenvalue weighted by Crippen LogP contribution is -2.34. The van der Waals surface area contributed by atoms with Gasteiger partial charge in [-0.05, 0) is 42.3 Å². The molecule has 0 aliphatic heterocycles. The Bertz CT molecular complexity index is 184. The van der Waals surface area contributed by atoms with E-state index in [9.17, 15) is 0 Å². The van der Waals surface area contributed by atoms with Crippen molar-refractivity contribution in [2.24, 2.45) is 29.6 Å². The first-order valence-corrected chi connectivity index (χ1v) is 8.66. The van der Waals surface area contributed by atoms with Crippen molar-refractivity contribution in [3.63, 3.8) is 0 Å². The molecule has 0 aromatic carbocycles. The quantitative estimate of drug-likeness (QED) is 0.536. The molecule has 1 heteroatoms. The summed E-state index contributed by atoms with van der Waals surface area (Å²) < 4.78 is 0. The minimum absolute atomic E-state index is 0.790. The van der Waals surface area contributed by atoms with E-state index in [0.29, 0.717) is 0 Å². The van der Waals surface area contributed by atoms with Gasteiger partial charge in [0.05, 0.1) is 0 Å². The van der Waals surface area contributed by atoms with Gasteiger partial charge in [0.1, 0.15) is 0 Å². The maximum Gasteiger partial charge on any atom is 0.0101 e. The van der Waals surface area contributed by atoms with Crippen molar-refractivity contribution in [1.82, 2.24) is 0 Å². The normalized spacial score (nSPS) is 17.8. The summed E-state index contributed by atoms with van der Waals surface area (Å²) >= 11 is 2.09. The molecule has 0 nitrogen and oxygen atoms in total. The van der Waals surface area contributed by atoms with Gasteiger partial charge in [-0.2, -0.15) is 11.8 Å². The Morgan fingerprint density at radius 3 is 1.65 bits per heavy atom. The monoisotopic (exact) mass is 258 g/mol. The molecule has 17 heavy (non-hydrogen) atoms. The Kier molecular flexibility index (Phi) is 8.63. The fraction of sp³-hybridized carbons (Fsp3) is 1.00. The fourth-order valence-electron chi connectivity index (χ4n) is 3.27. The molecule has 0 aliphatic rings. The van der Waals surface area contributed by atoms with Crippen LogP contribution in [0.3, 0.4) is 0 Å². The van der Waals surface area contributed by atoms with Gasteiger partial charge in [0.15, 0.2) is 0 Å². The standard InChI is InChI=1S/C16H34S/c1-9-14(10-11(2)3)15(12(4)5)16(17-8)13(6)7/h11-16H,9-10H2,1-8H3. The van der Waals surface area contributed by atoms with Gasteiger partial charge in [-0.15, -0.1) is 0 Å². The van der Waals surface area contributed by atoms with E-state index in [1.807, 2.05) is 0 Å². The SMILES string of the molecule is CCC(CC(C)C)C(C(C)C)C(SC)C(C)C. The largest absolute Gasteiger partial charge is 0.161 e. The summed E-state index contributed by atoms with van der Waals surface area (Å²) in [6, 6.07) is 0. The number of hydrogen-bond donors (Lipinski definition) is 0. The smallest absolute Gasteiger partial charge is 0.0101 e. The summed E-state index contributed by atoms with van der Waals surface area (Å²) in [4.78, 5) is 0. The molecule has 0 bridgehead atoms. The van der Waals surface area contributed by atoms with Gasteiger partial charge in [0, 0.05) is 5.25 Å². The molecular formula is C16H34S. The molecule has 0 aliphatic carbocycles. The average Bonchev–Trinajstić information content (AvgIpc) is 2.21. The van der Waals surface area contributed by atoms with E-state index in [-0.39, 0.29) is 0 Å². The molecule has 0 rings (SSSR count). The highest BCUT2D eigenvalue weighted by Crippen LogP contribution is 2.39. The zero-order valence-corrected chi connectivity index (χ0v) is 14.1. The van der Waals surface area contributed by atoms with E-state index in [4.69, 9.17) is 0 Å². The van der Waals surface area contributed by atoms with E-state index >= 15 is 0 Å². The van der Waals surface area contributed by atoms with Crippen LogP contribution < -0.4 is 0 Å². The zero-order valence-electron chi connectivity index (χ0n) is 13.3. The highest BCUT2D eigenvalue weighted by atomic mass is 32.2. The van der Waals surface area contributed by atoms with Crippen LogP contribution in [0.25, 0.3) is 0 Å². The van der Waals surface area contributed by atoms with Crippen LogP contribution in [0.1, 0.15) is 61.3 Å². The van der Waals surface area contributed by atoms with Crippen molar-refractivity contribution < 1.29 is 0 Å². The summed E-state index contributed by atoms with van der Waals surface area (Å²) in [7, 11) is 0. The molecule has 0 N–H and O–H groups in total. The number of thioether (sulfide) groups is 1. The van der Waals surface area contributed by atoms with Crippen LogP contribution in [0.2, 0.25) is 0 Å². The van der Waals surface area contributed by atoms with Crippen molar-refractivity contribution in [1.29, 1.82) is 0 Å². The Labute approximate surface area is 114 Å². The molecule has 0 heterocycles. The lowest BCUT2D eigenvalue weighted by atomic mass is 9.73. The Morgan fingerprint density at radius 2 is 1.41 bits per heavy atom. The summed E-state index contributed by atoms with van der Waals surface area (Å²) in [5, 5.41) is 0.818. The van der Waals surface area contributed by atoms with Gasteiger partial charge in [0.25, 0.3) is 0 Å². The van der Waals surface area contributed by atoms with Crippen molar-refractivity contribution >= 4 is 11.8 Å². The first-order valence-electron chi connectivity index (χ1n) is 7.37. The first-order chi connectivity index (χ1) is 7.84. The predicted molar refractivity (Wildman–Crippen MR) is 83.7 cm³/mol. The van der Waals surface area contributed by atoms with Crippen LogP contribution in [0.5, 0.6) is 0 Å². The number of rotatable bonds is 8. The van der Waals surface area contributed by atoms with Crippen LogP contribution in [-0.2, 0) is 0 Å². The molecule has 0 fully saturated rings. The highest BCUT2D eigenvalue weighted by Gasteiger charge is 2.32. The van der Waals surface area contributed by atoms with Crippen molar-refractivity contribution in [2.45, 2.75) is 66.6 Å². The van der Waals surface area contributed by atoms with Gasteiger partial charge in [-0.1, -0.05) is 54.9 Å². The van der Waals surface area contributed by atoms with Gasteiger partial charge in [-0.3, -0.25) is 0 Å². The molecule has 0 aromatic heterocycles. The van der Waals surface area contributed by atoms with Crippen LogP contribution >= 0.6 is 11.8 Å². The maximum atomic E-state index is 2.42. The van der Waals surface area contributed by atoms with E-state index < -0.39 is 0 Å². The molecule has 0 saturated carbocycles. The average molecular weight is 259 g/mol. The van der Waals surface area contributed by atoms with Crippen LogP contribution in [-0.4, -0.2) is 11.5 Å². The Hall–Kier alpha value is 0.350. The second-order valence-electron chi connectivity index (χ2n) is 6.56. The zero-order chi connectivity index (χ0) is 13.6. The third-order valence-electron chi connectivity index (χ3n) is 3.92. The second kappa shape index (κ2) is 8.45. The maximum absolute atomic E-state index is 2.42. The van der Waals surface area contributed by atoms with Crippen LogP contribution in [0.4, 0.5) is 0 Å². The minimum Gasteiger partial charge on any atom is -0.161 e. The third kappa shape index (κ3) is 5.68. The van der Waals surface area contributed by atoms with E-state index in [0.717, 1.165) is 34.8 Å². The van der Waals surface area contributed by atoms with E-state index in [2.05, 4.69) is 66.5 Å². The van der Waals surface area contributed by atoms with Crippen molar-refractivity contribution in [2.75, 3.05) is 6.26 Å². The van der Waals surface area contributed by atoms with E-state index in [1.165, 1.54) is 12.8 Å². The van der Waals surface area contributed by atoms with Crippen molar-refractivity contribution in [3.05, 3.63) is 0 Å². The lowest BCUT2D eigenvalue weighted by Gasteiger charge is -2.38. The summed E-state index contributed by atoms with van der Waals surface area (Å²) in [6.07, 6.45) is 5.02. The molecule has 0 saturated heterocycles. The Balaban J connectivity index is 4.89. The summed E-state index contributed by atoms with van der Waals surface area (Å²) in [5.74, 6) is 4.19. The molecular weight excluding hydrogens is 224 g/mol. The van der Waals surface area contributed by atoms with Gasteiger partial charge in [0.2, 0.25) is 0 Å². The summed E-state index contributed by atoms with van der Waals surface area (Å²) in [6.45, 7) is 16.7. The summed E-state index contributed by atoms with van der Waals surface area (Å²) in [5.41, 5.74) is 0. The lowest BCUT2D eigenvalue weighted by molar-refractivity contribution is 0.190. The van der Waals surface area contributed by atoms with Gasteiger partial charge >= 0.3 is 0 Å². The van der Waals surface area contributed by atoms with Crippen LogP contribution in [0.15, 0.2) is 0 Å². The highest BCUT2D eigenvalue weighted by molar-refractivity contribution is 7.99. The molecule has 0 spiro atoms. The molecule has 0 radical (unpaired) electrons. The third-order valence-corrected chi connectivity index (χ3v) is 5.32. The van der Waals surface area contributed by atoms with Gasteiger partial charge in [-0.25, -0.2) is 0 Å².